The van der Waals surface area contributed by atoms with Gasteiger partial charge in [-0.25, -0.2) is 0 Å². The summed E-state index contributed by atoms with van der Waals surface area (Å²) < 4.78 is 5.23. The van der Waals surface area contributed by atoms with Crippen LogP contribution in [0.4, 0.5) is 0 Å². The summed E-state index contributed by atoms with van der Waals surface area (Å²) in [4.78, 5) is 0. The Labute approximate surface area is 107 Å². The quantitative estimate of drug-likeness (QED) is 0.850. The molecule has 1 aliphatic rings. The van der Waals surface area contributed by atoms with E-state index in [9.17, 15) is 0 Å². The summed E-state index contributed by atoms with van der Waals surface area (Å²) in [5.41, 5.74) is 2.45. The SMILES string of the molecule is COc1cc(C)c(C2NCCNC2C)cc1Cl. The molecular weight excluding hydrogens is 236 g/mol. The average molecular weight is 255 g/mol. The van der Waals surface area contributed by atoms with Gasteiger partial charge in [0, 0.05) is 25.2 Å². The normalized spacial score (nSPS) is 24.7. The van der Waals surface area contributed by atoms with Crippen LogP contribution in [0.5, 0.6) is 5.75 Å². The van der Waals surface area contributed by atoms with Gasteiger partial charge in [-0.2, -0.15) is 0 Å². The minimum Gasteiger partial charge on any atom is -0.495 e. The third-order valence-electron chi connectivity index (χ3n) is 3.33. The molecule has 0 bridgehead atoms. The van der Waals surface area contributed by atoms with E-state index < -0.39 is 0 Å². The van der Waals surface area contributed by atoms with Crippen molar-refractivity contribution in [3.8, 4) is 5.75 Å². The second-order valence-corrected chi connectivity index (χ2v) is 4.93. The molecule has 2 unspecified atom stereocenters. The zero-order valence-corrected chi connectivity index (χ0v) is 11.3. The van der Waals surface area contributed by atoms with Crippen LogP contribution in [0.1, 0.15) is 24.1 Å². The molecule has 2 N–H and O–H groups in total. The molecule has 0 saturated carbocycles. The minimum atomic E-state index is 0.312. The first-order chi connectivity index (χ1) is 8.13. The maximum Gasteiger partial charge on any atom is 0.137 e. The number of piperazine rings is 1. The van der Waals surface area contributed by atoms with Crippen LogP contribution < -0.4 is 15.4 Å². The molecule has 1 saturated heterocycles. The van der Waals surface area contributed by atoms with Crippen LogP contribution >= 0.6 is 11.6 Å². The van der Waals surface area contributed by atoms with Gasteiger partial charge < -0.3 is 15.4 Å². The highest BCUT2D eigenvalue weighted by Crippen LogP contribution is 2.32. The molecule has 0 amide bonds. The van der Waals surface area contributed by atoms with Crippen LogP contribution in [0.3, 0.4) is 0 Å². The molecule has 1 aliphatic heterocycles. The monoisotopic (exact) mass is 254 g/mol. The first kappa shape index (κ1) is 12.7. The Bertz CT molecular complexity index is 409. The smallest absolute Gasteiger partial charge is 0.137 e. The van der Waals surface area contributed by atoms with Gasteiger partial charge in [0.2, 0.25) is 0 Å². The Hall–Kier alpha value is -0.770. The van der Waals surface area contributed by atoms with Gasteiger partial charge in [0.15, 0.2) is 0 Å². The Morgan fingerprint density at radius 3 is 2.65 bits per heavy atom. The second-order valence-electron chi connectivity index (χ2n) is 4.52. The van der Waals surface area contributed by atoms with E-state index in [1.54, 1.807) is 7.11 Å². The summed E-state index contributed by atoms with van der Waals surface area (Å²) in [6.45, 7) is 6.28. The highest BCUT2D eigenvalue weighted by atomic mass is 35.5. The third kappa shape index (κ3) is 2.57. The van der Waals surface area contributed by atoms with Gasteiger partial charge in [0.25, 0.3) is 0 Å². The van der Waals surface area contributed by atoms with E-state index in [4.69, 9.17) is 16.3 Å². The molecule has 1 aromatic rings. The second kappa shape index (κ2) is 5.25. The van der Waals surface area contributed by atoms with Gasteiger partial charge in [-0.05, 0) is 37.1 Å². The topological polar surface area (TPSA) is 33.3 Å². The maximum atomic E-state index is 6.20. The number of hydrogen-bond donors (Lipinski definition) is 2. The van der Waals surface area contributed by atoms with Gasteiger partial charge >= 0.3 is 0 Å². The number of ether oxygens (including phenoxy) is 1. The van der Waals surface area contributed by atoms with Crippen molar-refractivity contribution in [2.75, 3.05) is 20.2 Å². The average Bonchev–Trinajstić information content (AvgIpc) is 2.32. The Morgan fingerprint density at radius 1 is 1.29 bits per heavy atom. The fourth-order valence-corrected chi connectivity index (χ4v) is 2.61. The van der Waals surface area contributed by atoms with Crippen LogP contribution in [-0.2, 0) is 0 Å². The molecule has 0 spiro atoms. The van der Waals surface area contributed by atoms with Gasteiger partial charge in [-0.15, -0.1) is 0 Å². The number of nitrogens with one attached hydrogen (secondary N) is 2. The summed E-state index contributed by atoms with van der Waals surface area (Å²) in [5.74, 6) is 0.740. The molecule has 2 atom stereocenters. The lowest BCUT2D eigenvalue weighted by atomic mass is 9.94. The van der Waals surface area contributed by atoms with E-state index in [1.165, 1.54) is 11.1 Å². The fourth-order valence-electron chi connectivity index (χ4n) is 2.36. The van der Waals surface area contributed by atoms with Crippen molar-refractivity contribution < 1.29 is 4.74 Å². The Kier molecular flexibility index (Phi) is 3.92. The van der Waals surface area contributed by atoms with Crippen molar-refractivity contribution in [1.29, 1.82) is 0 Å². The van der Waals surface area contributed by atoms with Crippen LogP contribution in [0, 0.1) is 6.92 Å². The molecule has 0 aromatic heterocycles. The van der Waals surface area contributed by atoms with Crippen LogP contribution in [0.25, 0.3) is 0 Å². The molecule has 1 heterocycles. The van der Waals surface area contributed by atoms with E-state index in [1.807, 2.05) is 12.1 Å². The van der Waals surface area contributed by atoms with E-state index >= 15 is 0 Å². The summed E-state index contributed by atoms with van der Waals surface area (Å²) in [7, 11) is 1.64. The number of methoxy groups -OCH3 is 1. The predicted molar refractivity (Wildman–Crippen MR) is 70.9 cm³/mol. The van der Waals surface area contributed by atoms with Crippen molar-refractivity contribution in [2.45, 2.75) is 25.9 Å². The molecule has 1 fully saturated rings. The van der Waals surface area contributed by atoms with Gasteiger partial charge in [-0.1, -0.05) is 11.6 Å². The predicted octanol–water partition coefficient (Wildman–Crippen LogP) is 2.28. The van der Waals surface area contributed by atoms with Crippen molar-refractivity contribution in [3.63, 3.8) is 0 Å². The lowest BCUT2D eigenvalue weighted by Gasteiger charge is -2.32. The number of benzene rings is 1. The minimum absolute atomic E-state index is 0.312. The summed E-state index contributed by atoms with van der Waals surface area (Å²) >= 11 is 6.20. The zero-order chi connectivity index (χ0) is 12.4. The van der Waals surface area contributed by atoms with Crippen molar-refractivity contribution in [3.05, 3.63) is 28.3 Å². The van der Waals surface area contributed by atoms with Gasteiger partial charge in [0.05, 0.1) is 12.1 Å². The molecule has 94 valence electrons. The molecule has 4 heteroatoms. The maximum absolute atomic E-state index is 6.20. The van der Waals surface area contributed by atoms with Crippen molar-refractivity contribution in [2.24, 2.45) is 0 Å². The molecule has 2 rings (SSSR count). The number of halogens is 1. The molecule has 3 nitrogen and oxygen atoms in total. The lowest BCUT2D eigenvalue weighted by Crippen LogP contribution is -2.49. The number of aryl methyl sites for hydroxylation is 1. The molecular formula is C13H19ClN2O. The number of hydrogen-bond acceptors (Lipinski definition) is 3. The van der Waals surface area contributed by atoms with E-state index in [2.05, 4.69) is 24.5 Å². The lowest BCUT2D eigenvalue weighted by molar-refractivity contribution is 0.344. The summed E-state index contributed by atoms with van der Waals surface area (Å²) in [6.07, 6.45) is 0. The first-order valence-corrected chi connectivity index (χ1v) is 6.32. The van der Waals surface area contributed by atoms with Crippen LogP contribution in [0.15, 0.2) is 12.1 Å². The highest BCUT2D eigenvalue weighted by molar-refractivity contribution is 6.32. The molecule has 0 aliphatic carbocycles. The summed E-state index contributed by atoms with van der Waals surface area (Å²) in [5, 5.41) is 7.67. The molecule has 0 radical (unpaired) electrons. The molecule has 1 aromatic carbocycles. The summed E-state index contributed by atoms with van der Waals surface area (Å²) in [6, 6.07) is 4.73. The molecule has 17 heavy (non-hydrogen) atoms. The standard InChI is InChI=1S/C13H19ClN2O/c1-8-6-12(17-3)11(14)7-10(8)13-9(2)15-4-5-16-13/h6-7,9,13,15-16H,4-5H2,1-3H3. The number of rotatable bonds is 2. The van der Waals surface area contributed by atoms with Gasteiger partial charge in [-0.3, -0.25) is 0 Å². The largest absolute Gasteiger partial charge is 0.495 e. The zero-order valence-electron chi connectivity index (χ0n) is 10.5. The van der Waals surface area contributed by atoms with E-state index in [0.717, 1.165) is 18.8 Å². The van der Waals surface area contributed by atoms with Crippen molar-refractivity contribution in [1.82, 2.24) is 10.6 Å². The first-order valence-electron chi connectivity index (χ1n) is 5.94. The Morgan fingerprint density at radius 2 is 2.00 bits per heavy atom. The fraction of sp³-hybridized carbons (Fsp3) is 0.538. The van der Waals surface area contributed by atoms with E-state index in [0.29, 0.717) is 17.1 Å². The highest BCUT2D eigenvalue weighted by Gasteiger charge is 2.24. The van der Waals surface area contributed by atoms with Gasteiger partial charge in [0.1, 0.15) is 5.75 Å². The van der Waals surface area contributed by atoms with E-state index in [-0.39, 0.29) is 0 Å². The Balaban J connectivity index is 2.34. The van der Waals surface area contributed by atoms with Crippen LogP contribution in [0.2, 0.25) is 5.02 Å². The van der Waals surface area contributed by atoms with Crippen molar-refractivity contribution >= 4 is 11.6 Å². The van der Waals surface area contributed by atoms with Crippen LogP contribution in [-0.4, -0.2) is 26.2 Å². The third-order valence-corrected chi connectivity index (χ3v) is 3.63.